The summed E-state index contributed by atoms with van der Waals surface area (Å²) in [7, 11) is 1.56. The number of ether oxygens (including phenoxy) is 3. The van der Waals surface area contributed by atoms with Crippen LogP contribution in [0.4, 0.5) is 4.39 Å². The number of esters is 1. The van der Waals surface area contributed by atoms with Crippen LogP contribution in [0.1, 0.15) is 6.92 Å². The van der Waals surface area contributed by atoms with Gasteiger partial charge in [-0.3, -0.25) is 0 Å². The second-order valence-electron chi connectivity index (χ2n) is 4.31. The molecule has 21 heavy (non-hydrogen) atoms. The molecule has 110 valence electrons. The Labute approximate surface area is 122 Å². The van der Waals surface area contributed by atoms with Gasteiger partial charge in [-0.15, -0.1) is 0 Å². The van der Waals surface area contributed by atoms with E-state index in [4.69, 9.17) is 14.2 Å². The summed E-state index contributed by atoms with van der Waals surface area (Å²) in [6.45, 7) is 1.56. The summed E-state index contributed by atoms with van der Waals surface area (Å²) >= 11 is 0. The van der Waals surface area contributed by atoms with E-state index in [1.165, 1.54) is 24.3 Å². The first-order valence-corrected chi connectivity index (χ1v) is 6.36. The van der Waals surface area contributed by atoms with Crippen LogP contribution in [0, 0.1) is 5.82 Å². The average Bonchev–Trinajstić information content (AvgIpc) is 2.50. The number of rotatable bonds is 5. The zero-order valence-corrected chi connectivity index (χ0v) is 11.7. The molecule has 0 aliphatic carbocycles. The summed E-state index contributed by atoms with van der Waals surface area (Å²) in [6.07, 6.45) is -0.808. The molecule has 0 radical (unpaired) electrons. The van der Waals surface area contributed by atoms with Gasteiger partial charge in [-0.2, -0.15) is 0 Å². The van der Waals surface area contributed by atoms with Crippen LogP contribution in [-0.4, -0.2) is 19.2 Å². The Hall–Kier alpha value is -2.56. The van der Waals surface area contributed by atoms with E-state index in [9.17, 15) is 9.18 Å². The Kier molecular flexibility index (Phi) is 4.77. The van der Waals surface area contributed by atoms with E-state index in [0.29, 0.717) is 17.2 Å². The number of methoxy groups -OCH3 is 1. The Morgan fingerprint density at radius 1 is 0.952 bits per heavy atom. The molecule has 4 nitrogen and oxygen atoms in total. The fourth-order valence-electron chi connectivity index (χ4n) is 1.61. The van der Waals surface area contributed by atoms with Gasteiger partial charge in [-0.1, -0.05) is 0 Å². The van der Waals surface area contributed by atoms with Gasteiger partial charge in [0, 0.05) is 0 Å². The number of hydrogen-bond acceptors (Lipinski definition) is 4. The van der Waals surface area contributed by atoms with Crippen molar-refractivity contribution < 1.29 is 23.4 Å². The van der Waals surface area contributed by atoms with Gasteiger partial charge in [0.2, 0.25) is 0 Å². The van der Waals surface area contributed by atoms with Gasteiger partial charge in [0.25, 0.3) is 0 Å². The highest BCUT2D eigenvalue weighted by Gasteiger charge is 2.17. The average molecular weight is 290 g/mol. The zero-order valence-electron chi connectivity index (χ0n) is 11.7. The van der Waals surface area contributed by atoms with Gasteiger partial charge in [0.05, 0.1) is 7.11 Å². The monoisotopic (exact) mass is 290 g/mol. The maximum absolute atomic E-state index is 12.8. The maximum Gasteiger partial charge on any atom is 0.352 e. The minimum atomic E-state index is -0.808. The standard InChI is InChI=1S/C16H15FO4/c1-11(20-14-5-3-12(17)4-6-14)16(18)21-15-9-7-13(19-2)8-10-15/h3-11H,1-2H3/t11-/m0/s1. The first-order valence-electron chi connectivity index (χ1n) is 6.36. The van der Waals surface area contributed by atoms with Crippen molar-refractivity contribution in [1.29, 1.82) is 0 Å². The highest BCUT2D eigenvalue weighted by Crippen LogP contribution is 2.18. The molecule has 2 aromatic carbocycles. The van der Waals surface area contributed by atoms with Crippen LogP contribution in [-0.2, 0) is 4.79 Å². The Morgan fingerprint density at radius 2 is 1.48 bits per heavy atom. The van der Waals surface area contributed by atoms with E-state index in [0.717, 1.165) is 0 Å². The highest BCUT2D eigenvalue weighted by atomic mass is 19.1. The predicted octanol–water partition coefficient (Wildman–Crippen LogP) is 3.21. The molecule has 0 aliphatic rings. The van der Waals surface area contributed by atoms with Crippen molar-refractivity contribution in [1.82, 2.24) is 0 Å². The van der Waals surface area contributed by atoms with Crippen LogP contribution < -0.4 is 14.2 Å². The largest absolute Gasteiger partial charge is 0.497 e. The predicted molar refractivity (Wildman–Crippen MR) is 75.1 cm³/mol. The normalized spacial score (nSPS) is 11.6. The summed E-state index contributed by atoms with van der Waals surface area (Å²) in [5.41, 5.74) is 0. The van der Waals surface area contributed by atoms with E-state index in [1.54, 1.807) is 38.3 Å². The lowest BCUT2D eigenvalue weighted by molar-refractivity contribution is -0.141. The molecule has 0 saturated heterocycles. The SMILES string of the molecule is COc1ccc(OC(=O)[C@H](C)Oc2ccc(F)cc2)cc1. The fourth-order valence-corrected chi connectivity index (χ4v) is 1.61. The molecule has 0 bridgehead atoms. The molecule has 1 atom stereocenters. The van der Waals surface area contributed by atoms with Crippen LogP contribution in [0.2, 0.25) is 0 Å². The summed E-state index contributed by atoms with van der Waals surface area (Å²) in [4.78, 5) is 11.9. The van der Waals surface area contributed by atoms with E-state index in [-0.39, 0.29) is 5.82 Å². The van der Waals surface area contributed by atoms with Gasteiger partial charge < -0.3 is 14.2 Å². The number of hydrogen-bond donors (Lipinski definition) is 0. The van der Waals surface area contributed by atoms with E-state index in [2.05, 4.69) is 0 Å². The molecule has 0 aromatic heterocycles. The lowest BCUT2D eigenvalue weighted by Crippen LogP contribution is -2.28. The zero-order chi connectivity index (χ0) is 15.2. The van der Waals surface area contributed by atoms with Gasteiger partial charge >= 0.3 is 5.97 Å². The number of benzene rings is 2. The van der Waals surface area contributed by atoms with Gasteiger partial charge in [0.1, 0.15) is 23.1 Å². The Bertz CT molecular complexity index is 593. The second-order valence-corrected chi connectivity index (χ2v) is 4.31. The molecule has 0 aliphatic heterocycles. The molecule has 5 heteroatoms. The summed E-state index contributed by atoms with van der Waals surface area (Å²) in [6, 6.07) is 12.1. The number of halogens is 1. The van der Waals surface area contributed by atoms with Crippen LogP contribution in [0.15, 0.2) is 48.5 Å². The van der Waals surface area contributed by atoms with E-state index < -0.39 is 12.1 Å². The molecule has 0 N–H and O–H groups in total. The number of carbonyl (C=O) groups is 1. The van der Waals surface area contributed by atoms with E-state index in [1.807, 2.05) is 0 Å². The lowest BCUT2D eigenvalue weighted by Gasteiger charge is -2.13. The molecule has 0 amide bonds. The van der Waals surface area contributed by atoms with Gasteiger partial charge in [0.15, 0.2) is 6.10 Å². The van der Waals surface area contributed by atoms with Crippen LogP contribution >= 0.6 is 0 Å². The van der Waals surface area contributed by atoms with Crippen molar-refractivity contribution in [3.8, 4) is 17.2 Å². The van der Waals surface area contributed by atoms with Crippen molar-refractivity contribution in [2.75, 3.05) is 7.11 Å². The molecule has 2 rings (SSSR count). The second kappa shape index (κ2) is 6.74. The minimum absolute atomic E-state index is 0.365. The molecule has 0 unspecified atom stereocenters. The highest BCUT2D eigenvalue weighted by molar-refractivity contribution is 5.77. The number of carbonyl (C=O) groups excluding carboxylic acids is 1. The van der Waals surface area contributed by atoms with Crippen molar-refractivity contribution in [2.45, 2.75) is 13.0 Å². The van der Waals surface area contributed by atoms with Crippen molar-refractivity contribution in [2.24, 2.45) is 0 Å². The van der Waals surface area contributed by atoms with E-state index >= 15 is 0 Å². The van der Waals surface area contributed by atoms with Gasteiger partial charge in [-0.05, 0) is 55.5 Å². The van der Waals surface area contributed by atoms with Crippen LogP contribution in [0.25, 0.3) is 0 Å². The molecular weight excluding hydrogens is 275 g/mol. The van der Waals surface area contributed by atoms with Crippen LogP contribution in [0.3, 0.4) is 0 Å². The summed E-state index contributed by atoms with van der Waals surface area (Å²) in [5, 5.41) is 0. The van der Waals surface area contributed by atoms with Crippen molar-refractivity contribution in [3.63, 3.8) is 0 Å². The summed E-state index contributed by atoms with van der Waals surface area (Å²) in [5.74, 6) is 0.566. The molecule has 0 fully saturated rings. The molecule has 0 spiro atoms. The third kappa shape index (κ3) is 4.21. The molecule has 2 aromatic rings. The quantitative estimate of drug-likeness (QED) is 0.626. The molecular formula is C16H15FO4. The van der Waals surface area contributed by atoms with Gasteiger partial charge in [-0.25, -0.2) is 9.18 Å². The third-order valence-corrected chi connectivity index (χ3v) is 2.74. The molecule has 0 saturated carbocycles. The smallest absolute Gasteiger partial charge is 0.352 e. The van der Waals surface area contributed by atoms with Crippen molar-refractivity contribution in [3.05, 3.63) is 54.3 Å². The minimum Gasteiger partial charge on any atom is -0.497 e. The maximum atomic E-state index is 12.8. The summed E-state index contributed by atoms with van der Waals surface area (Å²) < 4.78 is 28.3. The van der Waals surface area contributed by atoms with Crippen molar-refractivity contribution >= 4 is 5.97 Å². The first-order chi connectivity index (χ1) is 10.1. The fraction of sp³-hybridized carbons (Fsp3) is 0.188. The molecule has 0 heterocycles. The Balaban J connectivity index is 1.93. The topological polar surface area (TPSA) is 44.8 Å². The Morgan fingerprint density at radius 3 is 2.05 bits per heavy atom. The first kappa shape index (κ1) is 14.8. The lowest BCUT2D eigenvalue weighted by atomic mass is 10.3. The van der Waals surface area contributed by atoms with Crippen LogP contribution in [0.5, 0.6) is 17.2 Å². The third-order valence-electron chi connectivity index (χ3n) is 2.74.